The van der Waals surface area contributed by atoms with Gasteiger partial charge in [-0.2, -0.15) is 8.42 Å². The third-order valence-corrected chi connectivity index (χ3v) is 18.3. The van der Waals surface area contributed by atoms with Crippen LogP contribution in [0.3, 0.4) is 0 Å². The zero-order chi connectivity index (χ0) is 58.7. The predicted molar refractivity (Wildman–Crippen MR) is 290 cm³/mol. The van der Waals surface area contributed by atoms with Crippen LogP contribution in [0, 0.1) is 23.7 Å². The Bertz CT molecular complexity index is 2610. The first-order valence-corrected chi connectivity index (χ1v) is 29.4. The number of ether oxygens (including phenoxy) is 8. The molecule has 5 heterocycles. The van der Waals surface area contributed by atoms with Gasteiger partial charge in [0.15, 0.2) is 12.6 Å². The number of benzene rings is 1. The number of rotatable bonds is 18. The standard InChI is InChI=1S/C56H89N3O19S/c1-15-41-56(10,67)48(63)32(4)44(60)30(2)27-54(8,70-13)49(77-53-46(62)39(58(11)12)24-31(3)73-53)33(5)47(34(6)52(66)75-41)76-42-28-55(9,71-14)50(35(7)74-42)78-79(68,69)23-20-57-19-16-18-36-25-37-43-40(26-36)72-22-17-21-59(43)29-38(45(37)61)51(64)65/h25-26,29-35,39,41-42,46-50,53,57,62-63,67H,15-24,27-28H2,1-14H3,(H,64,65)/t30-,31-,32+,33+,34-,35+,39+,41-,42+,46-,47+,48-,49-,50+,53+,54-,55-,56-/m1/s1. The van der Waals surface area contributed by atoms with Crippen LogP contribution >= 0.6 is 0 Å². The zero-order valence-corrected chi connectivity index (χ0v) is 49.4. The molecule has 0 bridgehead atoms. The number of carbonyl (C=O) groups is 3. The van der Waals surface area contributed by atoms with Gasteiger partial charge < -0.3 is 73.1 Å². The van der Waals surface area contributed by atoms with Crippen molar-refractivity contribution in [1.29, 1.82) is 0 Å². The van der Waals surface area contributed by atoms with E-state index in [0.29, 0.717) is 56.6 Å². The lowest BCUT2D eigenvalue weighted by Crippen LogP contribution is -2.62. The molecule has 0 aliphatic carbocycles. The second kappa shape index (κ2) is 26.3. The number of aliphatic hydroxyl groups is 3. The highest BCUT2D eigenvalue weighted by Gasteiger charge is 2.55. The number of likely N-dealkylation sites (N-methyl/N-ethyl adjacent to an activating group) is 1. The van der Waals surface area contributed by atoms with Gasteiger partial charge in [-0.05, 0) is 118 Å². The molecule has 0 unspecified atom stereocenters. The van der Waals surface area contributed by atoms with Gasteiger partial charge in [0, 0.05) is 63.7 Å². The summed E-state index contributed by atoms with van der Waals surface area (Å²) in [6.07, 6.45) is -7.56. The van der Waals surface area contributed by atoms with Gasteiger partial charge >= 0.3 is 11.9 Å². The summed E-state index contributed by atoms with van der Waals surface area (Å²) in [6, 6.07) is 3.19. The molecule has 6 rings (SSSR count). The van der Waals surface area contributed by atoms with Crippen LogP contribution in [0.5, 0.6) is 5.75 Å². The first-order valence-electron chi connectivity index (χ1n) is 27.8. The van der Waals surface area contributed by atoms with Crippen molar-refractivity contribution in [1.82, 2.24) is 14.8 Å². The Morgan fingerprint density at radius 1 is 0.924 bits per heavy atom. The molecule has 5 N–H and O–H groups in total. The van der Waals surface area contributed by atoms with Crippen LogP contribution in [0.1, 0.15) is 124 Å². The number of nitrogens with zero attached hydrogens (tertiary/aromatic N) is 2. The summed E-state index contributed by atoms with van der Waals surface area (Å²) in [5.74, 6) is -6.25. The number of pyridine rings is 1. The molecular weight excluding hydrogens is 1050 g/mol. The first kappa shape index (κ1) is 64.5. The molecule has 79 heavy (non-hydrogen) atoms. The Labute approximate surface area is 465 Å². The van der Waals surface area contributed by atoms with Crippen LogP contribution in [0.25, 0.3) is 10.9 Å². The van der Waals surface area contributed by atoms with E-state index in [0.717, 1.165) is 5.56 Å². The molecule has 3 fully saturated rings. The average Bonchev–Trinajstić information content (AvgIpc) is 3.62. The first-order chi connectivity index (χ1) is 36.9. The Balaban J connectivity index is 1.21. The van der Waals surface area contributed by atoms with Gasteiger partial charge in [-0.25, -0.2) is 4.79 Å². The number of cyclic esters (lactones) is 1. The lowest BCUT2D eigenvalue weighted by atomic mass is 9.74. The fourth-order valence-corrected chi connectivity index (χ4v) is 13.4. The number of hydrogen-bond donors (Lipinski definition) is 5. The molecule has 4 aliphatic rings. The number of nitrogens with one attached hydrogen (secondary N) is 1. The molecule has 3 saturated heterocycles. The third kappa shape index (κ3) is 14.4. The molecule has 22 nitrogen and oxygen atoms in total. The second-order valence-corrected chi connectivity index (χ2v) is 25.1. The van der Waals surface area contributed by atoms with Gasteiger partial charge in [-0.15, -0.1) is 0 Å². The molecule has 1 aromatic heterocycles. The van der Waals surface area contributed by atoms with E-state index in [1.165, 1.54) is 34.3 Å². The molecule has 0 saturated carbocycles. The summed E-state index contributed by atoms with van der Waals surface area (Å²) < 4.78 is 86.1. The summed E-state index contributed by atoms with van der Waals surface area (Å²) >= 11 is 0. The zero-order valence-electron chi connectivity index (χ0n) is 48.6. The van der Waals surface area contributed by atoms with E-state index in [1.54, 1.807) is 59.1 Å². The fraction of sp³-hybridized carbons (Fsp3) is 0.786. The molecule has 4 aliphatic heterocycles. The summed E-state index contributed by atoms with van der Waals surface area (Å²) in [7, 11) is 2.36. The number of aromatic nitrogens is 1. The van der Waals surface area contributed by atoms with Crippen LogP contribution in [0.4, 0.5) is 0 Å². The number of carbonyl (C=O) groups excluding carboxylic acids is 2. The molecule has 23 heteroatoms. The number of methoxy groups -OCH3 is 2. The van der Waals surface area contributed by atoms with E-state index in [9.17, 15) is 48.0 Å². The molecule has 2 aromatic rings. The van der Waals surface area contributed by atoms with Crippen LogP contribution in [-0.4, -0.2) is 194 Å². The van der Waals surface area contributed by atoms with E-state index in [2.05, 4.69) is 5.32 Å². The van der Waals surface area contributed by atoms with E-state index in [-0.39, 0.29) is 54.7 Å². The number of aryl methyl sites for hydroxylation is 2. The number of Topliss-reactive ketones (excluding diaryl/α,β-unsaturated/α-hetero) is 1. The van der Waals surface area contributed by atoms with Crippen LogP contribution < -0.4 is 15.5 Å². The highest BCUT2D eigenvalue weighted by molar-refractivity contribution is 7.86. The Morgan fingerprint density at radius 3 is 2.23 bits per heavy atom. The van der Waals surface area contributed by atoms with E-state index < -0.39 is 129 Å². The Hall–Kier alpha value is -3.69. The highest BCUT2D eigenvalue weighted by Crippen LogP contribution is 2.43. The van der Waals surface area contributed by atoms with Gasteiger partial charge in [-0.1, -0.05) is 27.7 Å². The smallest absolute Gasteiger partial charge is 0.341 e. The minimum absolute atomic E-state index is 0.0286. The van der Waals surface area contributed by atoms with Gasteiger partial charge in [0.05, 0.1) is 70.9 Å². The van der Waals surface area contributed by atoms with Crippen LogP contribution in [0.2, 0.25) is 0 Å². The average molecular weight is 1140 g/mol. The maximum atomic E-state index is 14.6. The van der Waals surface area contributed by atoms with Gasteiger partial charge in [0.25, 0.3) is 10.1 Å². The molecule has 0 amide bonds. The van der Waals surface area contributed by atoms with Crippen molar-refractivity contribution < 1.29 is 85.3 Å². The molecule has 1 aromatic carbocycles. The molecule has 0 radical (unpaired) electrons. The van der Waals surface area contributed by atoms with Crippen molar-refractivity contribution in [2.45, 2.75) is 205 Å². The molecule has 18 atom stereocenters. The van der Waals surface area contributed by atoms with Crippen LogP contribution in [-0.2, 0) is 70.0 Å². The lowest BCUT2D eigenvalue weighted by molar-refractivity contribution is -0.317. The molecular formula is C56H89N3O19S. The van der Waals surface area contributed by atoms with Gasteiger partial charge in [0.1, 0.15) is 41.0 Å². The maximum absolute atomic E-state index is 14.6. The summed E-state index contributed by atoms with van der Waals surface area (Å²) in [6.45, 7) is 17.9. The number of ketones is 1. The Kier molecular flexibility index (Phi) is 21.4. The second-order valence-electron chi connectivity index (χ2n) is 23.4. The number of hydrogen-bond acceptors (Lipinski definition) is 20. The van der Waals surface area contributed by atoms with Crippen molar-refractivity contribution in [2.75, 3.05) is 53.8 Å². The maximum Gasteiger partial charge on any atom is 0.341 e. The predicted octanol–water partition coefficient (Wildman–Crippen LogP) is 3.81. The highest BCUT2D eigenvalue weighted by atomic mass is 32.2. The number of aromatic carboxylic acids is 1. The van der Waals surface area contributed by atoms with Crippen molar-refractivity contribution in [3.05, 3.63) is 39.7 Å². The summed E-state index contributed by atoms with van der Waals surface area (Å²) in [5, 5.41) is 48.4. The SMILES string of the molecule is CC[C@H]1OC(=O)[C@H](C)[C@@H](O[C@H]2C[C@@](C)(OC)[C@@H](OS(=O)(=O)CCNCCCc3cc4c5c(c3)c(=O)c(C(=O)O)cn5CCCO4)[C@H](C)O2)[C@H](C)[C@@H](O[C@@H]2O[C@H](C)C[C@H](N(C)C)[C@H]2O)[C@](C)(OC)C[C@@H](C)C(=O)[C@H](C)[C@@H](O)[C@]1(C)O. The van der Waals surface area contributed by atoms with Crippen molar-refractivity contribution in [3.8, 4) is 5.75 Å². The van der Waals surface area contributed by atoms with E-state index >= 15 is 0 Å². The largest absolute Gasteiger partial charge is 0.491 e. The molecule has 0 spiro atoms. The van der Waals surface area contributed by atoms with Gasteiger partial charge in [-0.3, -0.25) is 18.6 Å². The summed E-state index contributed by atoms with van der Waals surface area (Å²) in [4.78, 5) is 55.8. The number of esters is 1. The fourth-order valence-electron chi connectivity index (χ4n) is 12.3. The quantitative estimate of drug-likeness (QED) is 0.0806. The minimum atomic E-state index is -4.23. The minimum Gasteiger partial charge on any atom is -0.491 e. The van der Waals surface area contributed by atoms with Crippen LogP contribution in [0.15, 0.2) is 23.1 Å². The number of carboxylic acid groups (broad SMARTS) is 1. The molecule has 448 valence electrons. The monoisotopic (exact) mass is 1140 g/mol. The van der Waals surface area contributed by atoms with Crippen molar-refractivity contribution in [3.63, 3.8) is 0 Å². The van der Waals surface area contributed by atoms with Gasteiger partial charge in [0.2, 0.25) is 5.43 Å². The third-order valence-electron chi connectivity index (χ3n) is 17.1. The topological polar surface area (TPSA) is 287 Å². The summed E-state index contributed by atoms with van der Waals surface area (Å²) in [5.41, 5.74) is -4.34. The number of carboxylic acids is 1. The normalized spacial score (nSPS) is 37.3. The van der Waals surface area contributed by atoms with E-state index in [1.807, 2.05) is 32.0 Å². The van der Waals surface area contributed by atoms with Crippen molar-refractivity contribution >= 4 is 38.7 Å². The lowest BCUT2D eigenvalue weighted by Gasteiger charge is -2.50. The van der Waals surface area contributed by atoms with Crippen molar-refractivity contribution in [2.24, 2.45) is 23.7 Å². The Morgan fingerprint density at radius 2 is 1.59 bits per heavy atom. The van der Waals surface area contributed by atoms with E-state index in [4.69, 9.17) is 42.1 Å². The number of aliphatic hydroxyl groups excluding tert-OH is 2.